The van der Waals surface area contributed by atoms with Gasteiger partial charge in [0.05, 0.1) is 6.10 Å². The van der Waals surface area contributed by atoms with Gasteiger partial charge in [-0.15, -0.1) is 0 Å². The van der Waals surface area contributed by atoms with E-state index in [2.05, 4.69) is 45.0 Å². The van der Waals surface area contributed by atoms with E-state index in [0.29, 0.717) is 24.0 Å². The minimum atomic E-state index is -0.126. The lowest BCUT2D eigenvalue weighted by atomic mass is 9.64. The van der Waals surface area contributed by atoms with Gasteiger partial charge in [-0.25, -0.2) is 0 Å². The molecule has 0 amide bonds. The third-order valence-electron chi connectivity index (χ3n) is 5.24. The summed E-state index contributed by atoms with van der Waals surface area (Å²) in [6.07, 6.45) is 2.01. The first-order valence-corrected chi connectivity index (χ1v) is 6.96. The number of aliphatic hydroxyl groups excluding tert-OH is 1. The summed E-state index contributed by atoms with van der Waals surface area (Å²) in [7, 11) is 2.22. The largest absolute Gasteiger partial charge is 0.392 e. The van der Waals surface area contributed by atoms with Crippen LogP contribution in [0.15, 0.2) is 0 Å². The summed E-state index contributed by atoms with van der Waals surface area (Å²) < 4.78 is 0. The predicted molar refractivity (Wildman–Crippen MR) is 71.0 cm³/mol. The maximum Gasteiger partial charge on any atom is 0.0621 e. The number of piperidine rings is 1. The van der Waals surface area contributed by atoms with Crippen LogP contribution in [0.5, 0.6) is 0 Å². The molecule has 1 aliphatic carbocycles. The van der Waals surface area contributed by atoms with E-state index in [9.17, 15) is 5.11 Å². The average Bonchev–Trinajstić information content (AvgIpc) is 2.25. The Morgan fingerprint density at radius 3 is 2.41 bits per heavy atom. The Bertz CT molecular complexity index is 279. The van der Waals surface area contributed by atoms with Crippen molar-refractivity contribution >= 4 is 0 Å². The monoisotopic (exact) mass is 240 g/mol. The maximum atomic E-state index is 9.79. The first-order chi connectivity index (χ1) is 7.82. The summed E-state index contributed by atoms with van der Waals surface area (Å²) in [4.78, 5) is 2.45. The molecule has 0 radical (unpaired) electrons. The Morgan fingerprint density at radius 2 is 1.88 bits per heavy atom. The molecule has 0 aromatic heterocycles. The number of aliphatic hydroxyl groups is 1. The molecular weight excluding hydrogens is 212 g/mol. The summed E-state index contributed by atoms with van der Waals surface area (Å²) in [6, 6.07) is 1.76. The molecule has 0 bridgehead atoms. The van der Waals surface area contributed by atoms with Crippen LogP contribution >= 0.6 is 0 Å². The van der Waals surface area contributed by atoms with Crippen LogP contribution in [-0.2, 0) is 0 Å². The van der Waals surface area contributed by atoms with Crippen molar-refractivity contribution in [3.8, 4) is 0 Å². The van der Waals surface area contributed by atoms with Crippen molar-refractivity contribution in [2.45, 2.75) is 64.8 Å². The van der Waals surface area contributed by atoms with Crippen LogP contribution in [0.25, 0.3) is 0 Å². The van der Waals surface area contributed by atoms with Gasteiger partial charge in [-0.3, -0.25) is 0 Å². The van der Waals surface area contributed by atoms with Crippen LogP contribution in [0.4, 0.5) is 0 Å². The fraction of sp³-hybridized carbons (Fsp3) is 1.00. The molecule has 5 atom stereocenters. The van der Waals surface area contributed by atoms with E-state index < -0.39 is 0 Å². The first-order valence-electron chi connectivity index (χ1n) is 6.96. The molecule has 1 saturated heterocycles. The molecule has 0 aromatic carbocycles. The second-order valence-corrected chi connectivity index (χ2v) is 6.90. The highest BCUT2D eigenvalue weighted by Crippen LogP contribution is 2.41. The van der Waals surface area contributed by atoms with Crippen molar-refractivity contribution in [2.75, 3.05) is 13.6 Å². The normalized spacial score (nSPS) is 46.6. The van der Waals surface area contributed by atoms with Crippen molar-refractivity contribution in [1.29, 1.82) is 0 Å². The fourth-order valence-electron chi connectivity index (χ4n) is 3.22. The van der Waals surface area contributed by atoms with Crippen molar-refractivity contribution in [3.63, 3.8) is 0 Å². The van der Waals surface area contributed by atoms with E-state index in [0.717, 1.165) is 6.42 Å². The summed E-state index contributed by atoms with van der Waals surface area (Å²) in [5.74, 6) is 0.699. The topological polar surface area (TPSA) is 35.5 Å². The zero-order valence-electron chi connectivity index (χ0n) is 11.9. The van der Waals surface area contributed by atoms with Gasteiger partial charge in [0.15, 0.2) is 0 Å². The molecule has 0 aromatic rings. The van der Waals surface area contributed by atoms with Gasteiger partial charge in [0.25, 0.3) is 0 Å². The Labute approximate surface area is 106 Å². The van der Waals surface area contributed by atoms with Gasteiger partial charge in [-0.05, 0) is 32.7 Å². The number of rotatable bonds is 2. The van der Waals surface area contributed by atoms with Gasteiger partial charge in [-0.2, -0.15) is 0 Å². The number of nitrogens with one attached hydrogen (secondary N) is 1. The van der Waals surface area contributed by atoms with Crippen LogP contribution in [0, 0.1) is 11.3 Å². The Hall–Kier alpha value is -0.120. The summed E-state index contributed by atoms with van der Waals surface area (Å²) in [5, 5.41) is 13.6. The molecule has 3 heteroatoms. The number of nitrogens with zero attached hydrogens (tertiary/aromatic N) is 1. The molecular formula is C14H28N2O. The minimum absolute atomic E-state index is 0.0479. The van der Waals surface area contributed by atoms with E-state index in [1.807, 2.05) is 0 Å². The molecule has 1 saturated carbocycles. The lowest BCUT2D eigenvalue weighted by Gasteiger charge is -2.53. The molecule has 17 heavy (non-hydrogen) atoms. The molecule has 2 rings (SSSR count). The van der Waals surface area contributed by atoms with Crippen molar-refractivity contribution in [1.82, 2.24) is 10.2 Å². The fourth-order valence-corrected chi connectivity index (χ4v) is 3.22. The highest BCUT2D eigenvalue weighted by atomic mass is 16.3. The molecule has 2 N–H and O–H groups in total. The SMILES string of the molecule is CC1CN(C)C(C)CC1NC1CC(O)C1(C)C. The van der Waals surface area contributed by atoms with Gasteiger partial charge in [-0.1, -0.05) is 20.8 Å². The molecule has 0 spiro atoms. The smallest absolute Gasteiger partial charge is 0.0621 e. The lowest BCUT2D eigenvalue weighted by Crippen LogP contribution is -2.64. The molecule has 2 aliphatic rings. The Balaban J connectivity index is 1.91. The third-order valence-corrected chi connectivity index (χ3v) is 5.24. The summed E-state index contributed by atoms with van der Waals surface area (Å²) >= 11 is 0. The van der Waals surface area contributed by atoms with Gasteiger partial charge in [0, 0.05) is 30.1 Å². The number of hydrogen-bond donors (Lipinski definition) is 2. The number of hydrogen-bond acceptors (Lipinski definition) is 3. The van der Waals surface area contributed by atoms with E-state index in [-0.39, 0.29) is 11.5 Å². The van der Waals surface area contributed by atoms with E-state index >= 15 is 0 Å². The standard InChI is InChI=1S/C14H28N2O/c1-9-8-16(5)10(2)6-11(9)15-12-7-13(17)14(12,3)4/h9-13,15,17H,6-8H2,1-5H3. The molecule has 1 aliphatic heterocycles. The van der Waals surface area contributed by atoms with Crippen molar-refractivity contribution in [3.05, 3.63) is 0 Å². The second-order valence-electron chi connectivity index (χ2n) is 6.90. The Kier molecular flexibility index (Phi) is 3.54. The van der Waals surface area contributed by atoms with Crippen LogP contribution in [0.1, 0.15) is 40.5 Å². The maximum absolute atomic E-state index is 9.79. The van der Waals surface area contributed by atoms with Crippen LogP contribution in [0.2, 0.25) is 0 Å². The molecule has 3 nitrogen and oxygen atoms in total. The van der Waals surface area contributed by atoms with Crippen LogP contribution < -0.4 is 5.32 Å². The average molecular weight is 240 g/mol. The molecule has 100 valence electrons. The van der Waals surface area contributed by atoms with E-state index in [4.69, 9.17) is 0 Å². The third kappa shape index (κ3) is 2.38. The van der Waals surface area contributed by atoms with Crippen LogP contribution in [-0.4, -0.2) is 47.8 Å². The molecule has 2 fully saturated rings. The summed E-state index contributed by atoms with van der Waals surface area (Å²) in [6.45, 7) is 10.2. The number of likely N-dealkylation sites (tertiary alicyclic amines) is 1. The van der Waals surface area contributed by atoms with Gasteiger partial charge >= 0.3 is 0 Å². The van der Waals surface area contributed by atoms with Gasteiger partial charge in [0.2, 0.25) is 0 Å². The minimum Gasteiger partial charge on any atom is -0.392 e. The zero-order valence-corrected chi connectivity index (χ0v) is 11.9. The second kappa shape index (κ2) is 4.52. The van der Waals surface area contributed by atoms with Crippen molar-refractivity contribution < 1.29 is 5.11 Å². The summed E-state index contributed by atoms with van der Waals surface area (Å²) in [5.41, 5.74) is 0.0479. The zero-order chi connectivity index (χ0) is 12.8. The lowest BCUT2D eigenvalue weighted by molar-refractivity contribution is -0.0811. The van der Waals surface area contributed by atoms with E-state index in [1.54, 1.807) is 0 Å². The van der Waals surface area contributed by atoms with Crippen LogP contribution in [0.3, 0.4) is 0 Å². The predicted octanol–water partition coefficient (Wildman–Crippen LogP) is 1.46. The first kappa shape index (κ1) is 13.3. The van der Waals surface area contributed by atoms with Gasteiger partial charge < -0.3 is 15.3 Å². The van der Waals surface area contributed by atoms with Crippen molar-refractivity contribution in [2.24, 2.45) is 11.3 Å². The molecule has 1 heterocycles. The Morgan fingerprint density at radius 1 is 1.24 bits per heavy atom. The highest BCUT2D eigenvalue weighted by Gasteiger charge is 2.48. The molecule has 5 unspecified atom stereocenters. The quantitative estimate of drug-likeness (QED) is 0.767. The van der Waals surface area contributed by atoms with Gasteiger partial charge in [0.1, 0.15) is 0 Å². The van der Waals surface area contributed by atoms with E-state index in [1.165, 1.54) is 13.0 Å². The highest BCUT2D eigenvalue weighted by molar-refractivity contribution is 5.03.